The molecule has 1 aromatic heterocycles. The number of nitrogens with one attached hydrogen (secondary N) is 2. The van der Waals surface area contributed by atoms with Crippen LogP contribution in [0.5, 0.6) is 0 Å². The summed E-state index contributed by atoms with van der Waals surface area (Å²) in [6.07, 6.45) is 5.13. The molecule has 1 unspecified atom stereocenters. The Morgan fingerprint density at radius 1 is 1.12 bits per heavy atom. The molecule has 0 aliphatic carbocycles. The summed E-state index contributed by atoms with van der Waals surface area (Å²) in [6.45, 7) is 4.76. The molecule has 0 fully saturated rings. The predicted octanol–water partition coefficient (Wildman–Crippen LogP) is 3.27. The van der Waals surface area contributed by atoms with E-state index in [9.17, 15) is 9.90 Å². The highest BCUT2D eigenvalue weighted by molar-refractivity contribution is 5.75. The standard InChI is InChI=1S/C20H27N3O2/c1-20(2,15-24)11-6-12-22-19(25)23-18(16-7-4-3-5-8-16)17-9-13-21-14-10-17/h3-5,7-10,13-14,18,24H,6,11-12,15H2,1-2H3,(H2,22,23,25). The Morgan fingerprint density at radius 2 is 1.76 bits per heavy atom. The van der Waals surface area contributed by atoms with Crippen LogP contribution in [0.2, 0.25) is 0 Å². The number of benzene rings is 1. The van der Waals surface area contributed by atoms with Gasteiger partial charge in [0, 0.05) is 25.5 Å². The van der Waals surface area contributed by atoms with E-state index in [4.69, 9.17) is 0 Å². The molecule has 5 heteroatoms. The first-order valence-corrected chi connectivity index (χ1v) is 8.62. The second-order valence-corrected chi connectivity index (χ2v) is 6.95. The van der Waals surface area contributed by atoms with Gasteiger partial charge in [-0.1, -0.05) is 44.2 Å². The monoisotopic (exact) mass is 341 g/mol. The molecule has 0 radical (unpaired) electrons. The Balaban J connectivity index is 1.95. The molecule has 0 saturated carbocycles. The zero-order valence-corrected chi connectivity index (χ0v) is 14.9. The van der Waals surface area contributed by atoms with Crippen molar-refractivity contribution in [1.82, 2.24) is 15.6 Å². The highest BCUT2D eigenvalue weighted by Crippen LogP contribution is 2.22. The maximum absolute atomic E-state index is 12.3. The molecule has 25 heavy (non-hydrogen) atoms. The van der Waals surface area contributed by atoms with Gasteiger partial charge >= 0.3 is 6.03 Å². The van der Waals surface area contributed by atoms with Crippen LogP contribution in [0.3, 0.4) is 0 Å². The van der Waals surface area contributed by atoms with Gasteiger partial charge in [-0.25, -0.2) is 4.79 Å². The van der Waals surface area contributed by atoms with Gasteiger partial charge in [0.15, 0.2) is 0 Å². The van der Waals surface area contributed by atoms with Crippen molar-refractivity contribution >= 4 is 6.03 Å². The zero-order chi connectivity index (χ0) is 18.1. The van der Waals surface area contributed by atoms with E-state index < -0.39 is 0 Å². The van der Waals surface area contributed by atoms with Crippen molar-refractivity contribution < 1.29 is 9.90 Å². The minimum absolute atomic E-state index is 0.109. The number of aromatic nitrogens is 1. The number of amides is 2. The fraction of sp³-hybridized carbons (Fsp3) is 0.400. The van der Waals surface area contributed by atoms with E-state index in [2.05, 4.69) is 15.6 Å². The zero-order valence-electron chi connectivity index (χ0n) is 14.9. The summed E-state index contributed by atoms with van der Waals surface area (Å²) in [5, 5.41) is 15.2. The van der Waals surface area contributed by atoms with Crippen LogP contribution in [0, 0.1) is 5.41 Å². The molecule has 2 aromatic rings. The number of aliphatic hydroxyl groups excluding tert-OH is 1. The van der Waals surface area contributed by atoms with Crippen LogP contribution in [0.15, 0.2) is 54.9 Å². The molecule has 0 spiro atoms. The van der Waals surface area contributed by atoms with Crippen LogP contribution >= 0.6 is 0 Å². The van der Waals surface area contributed by atoms with Crippen LogP contribution in [0.1, 0.15) is 43.9 Å². The Morgan fingerprint density at radius 3 is 2.40 bits per heavy atom. The van der Waals surface area contributed by atoms with Crippen molar-refractivity contribution in [1.29, 1.82) is 0 Å². The van der Waals surface area contributed by atoms with Crippen LogP contribution in [-0.2, 0) is 0 Å². The molecule has 0 bridgehead atoms. The number of nitrogens with zero attached hydrogens (tertiary/aromatic N) is 1. The molecular formula is C20H27N3O2. The maximum atomic E-state index is 12.3. The van der Waals surface area contributed by atoms with Crippen LogP contribution in [0.25, 0.3) is 0 Å². The number of aliphatic hydroxyl groups is 1. The third kappa shape index (κ3) is 6.19. The first kappa shape index (κ1) is 18.9. The highest BCUT2D eigenvalue weighted by Gasteiger charge is 2.18. The van der Waals surface area contributed by atoms with Gasteiger partial charge in [0.05, 0.1) is 6.04 Å². The van der Waals surface area contributed by atoms with Crippen LogP contribution in [-0.4, -0.2) is 29.3 Å². The summed E-state index contributed by atoms with van der Waals surface area (Å²) in [6, 6.07) is 13.2. The van der Waals surface area contributed by atoms with Gasteiger partial charge in [0.1, 0.15) is 0 Å². The predicted molar refractivity (Wildman–Crippen MR) is 99.2 cm³/mol. The van der Waals surface area contributed by atoms with Gasteiger partial charge in [-0.3, -0.25) is 4.98 Å². The van der Waals surface area contributed by atoms with E-state index in [-0.39, 0.29) is 24.1 Å². The molecule has 0 aliphatic rings. The average molecular weight is 341 g/mol. The number of urea groups is 1. The second kappa shape index (κ2) is 9.18. The lowest BCUT2D eigenvalue weighted by Crippen LogP contribution is -2.39. The topological polar surface area (TPSA) is 74.2 Å². The summed E-state index contributed by atoms with van der Waals surface area (Å²) in [5.41, 5.74) is 1.89. The quantitative estimate of drug-likeness (QED) is 0.645. The van der Waals surface area contributed by atoms with E-state index in [1.165, 1.54) is 0 Å². The van der Waals surface area contributed by atoms with Crippen molar-refractivity contribution in [2.24, 2.45) is 5.41 Å². The van der Waals surface area contributed by atoms with E-state index in [0.29, 0.717) is 6.54 Å². The molecule has 134 valence electrons. The van der Waals surface area contributed by atoms with Crippen molar-refractivity contribution in [3.05, 3.63) is 66.0 Å². The van der Waals surface area contributed by atoms with Crippen LogP contribution < -0.4 is 10.6 Å². The lowest BCUT2D eigenvalue weighted by molar-refractivity contribution is 0.148. The average Bonchev–Trinajstić information content (AvgIpc) is 2.65. The van der Waals surface area contributed by atoms with E-state index in [0.717, 1.165) is 24.0 Å². The minimum atomic E-state index is -0.224. The van der Waals surface area contributed by atoms with Crippen molar-refractivity contribution in [2.75, 3.05) is 13.2 Å². The smallest absolute Gasteiger partial charge is 0.315 e. The number of hydrogen-bond acceptors (Lipinski definition) is 3. The number of rotatable bonds is 8. The summed E-state index contributed by atoms with van der Waals surface area (Å²) in [5.74, 6) is 0. The van der Waals surface area contributed by atoms with Gasteiger partial charge < -0.3 is 15.7 Å². The molecule has 2 rings (SSSR count). The molecular weight excluding hydrogens is 314 g/mol. The molecule has 1 aromatic carbocycles. The third-order valence-corrected chi connectivity index (χ3v) is 4.19. The van der Waals surface area contributed by atoms with Gasteiger partial charge in [0.25, 0.3) is 0 Å². The first-order valence-electron chi connectivity index (χ1n) is 8.62. The number of carbonyl (C=O) groups is 1. The van der Waals surface area contributed by atoms with Gasteiger partial charge in [-0.05, 0) is 41.5 Å². The van der Waals surface area contributed by atoms with E-state index >= 15 is 0 Å². The molecule has 3 N–H and O–H groups in total. The van der Waals surface area contributed by atoms with Gasteiger partial charge in [-0.15, -0.1) is 0 Å². The lowest BCUT2D eigenvalue weighted by Gasteiger charge is -2.22. The molecule has 2 amide bonds. The first-order chi connectivity index (χ1) is 12.0. The molecule has 1 atom stereocenters. The summed E-state index contributed by atoms with van der Waals surface area (Å²) in [7, 11) is 0. The summed E-state index contributed by atoms with van der Waals surface area (Å²) >= 11 is 0. The van der Waals surface area contributed by atoms with Gasteiger partial charge in [-0.2, -0.15) is 0 Å². The number of carbonyl (C=O) groups excluding carboxylic acids is 1. The third-order valence-electron chi connectivity index (χ3n) is 4.19. The molecule has 5 nitrogen and oxygen atoms in total. The maximum Gasteiger partial charge on any atom is 0.315 e. The highest BCUT2D eigenvalue weighted by atomic mass is 16.3. The second-order valence-electron chi connectivity index (χ2n) is 6.95. The molecule has 0 aliphatic heterocycles. The Labute approximate surface area is 149 Å². The fourth-order valence-electron chi connectivity index (χ4n) is 2.59. The largest absolute Gasteiger partial charge is 0.396 e. The number of pyridine rings is 1. The van der Waals surface area contributed by atoms with Crippen LogP contribution in [0.4, 0.5) is 4.79 Å². The number of hydrogen-bond donors (Lipinski definition) is 3. The Hall–Kier alpha value is -2.40. The molecule has 1 heterocycles. The summed E-state index contributed by atoms with van der Waals surface area (Å²) < 4.78 is 0. The normalized spacial score (nSPS) is 12.4. The summed E-state index contributed by atoms with van der Waals surface area (Å²) in [4.78, 5) is 16.4. The van der Waals surface area contributed by atoms with E-state index in [1.54, 1.807) is 12.4 Å². The van der Waals surface area contributed by atoms with Gasteiger partial charge in [0.2, 0.25) is 0 Å². The minimum Gasteiger partial charge on any atom is -0.396 e. The van der Waals surface area contributed by atoms with Crippen molar-refractivity contribution in [3.63, 3.8) is 0 Å². The molecule has 0 saturated heterocycles. The van der Waals surface area contributed by atoms with E-state index in [1.807, 2.05) is 56.3 Å². The Kier molecular flexibility index (Phi) is 6.95. The van der Waals surface area contributed by atoms with Crippen molar-refractivity contribution in [2.45, 2.75) is 32.7 Å². The Bertz CT molecular complexity index is 605. The lowest BCUT2D eigenvalue weighted by atomic mass is 9.89. The fourth-order valence-corrected chi connectivity index (χ4v) is 2.59. The SMILES string of the molecule is CC(C)(CO)CCCNC(=O)NC(c1ccccc1)c1ccncc1. The van der Waals surface area contributed by atoms with Crippen molar-refractivity contribution in [3.8, 4) is 0 Å².